The predicted molar refractivity (Wildman–Crippen MR) is 122 cm³/mol. The molecule has 1 saturated heterocycles. The van der Waals surface area contributed by atoms with Crippen LogP contribution in [0.15, 0.2) is 41.8 Å². The first-order chi connectivity index (χ1) is 15.0. The molecule has 1 aliphatic heterocycles. The van der Waals surface area contributed by atoms with E-state index in [0.29, 0.717) is 19.4 Å². The Bertz CT molecular complexity index is 1050. The molecule has 1 fully saturated rings. The van der Waals surface area contributed by atoms with Gasteiger partial charge in [0.1, 0.15) is 17.5 Å². The van der Waals surface area contributed by atoms with Gasteiger partial charge in [0.2, 0.25) is 5.91 Å². The zero-order chi connectivity index (χ0) is 21.8. The summed E-state index contributed by atoms with van der Waals surface area (Å²) in [5.74, 6) is 1.57. The van der Waals surface area contributed by atoms with Crippen LogP contribution in [-0.2, 0) is 17.6 Å². The van der Waals surface area contributed by atoms with E-state index in [9.17, 15) is 9.18 Å². The van der Waals surface area contributed by atoms with Crippen LogP contribution in [0.5, 0.6) is 0 Å². The smallest absolute Gasteiger partial charge is 0.227 e. The molecule has 31 heavy (non-hydrogen) atoms. The first kappa shape index (κ1) is 21.4. The average Bonchev–Trinajstić information content (AvgIpc) is 3.11. The molecule has 0 unspecified atom stereocenters. The lowest BCUT2D eigenvalue weighted by atomic mass is 10.0. The van der Waals surface area contributed by atoms with Crippen LogP contribution in [0.3, 0.4) is 0 Å². The van der Waals surface area contributed by atoms with Crippen molar-refractivity contribution in [3.8, 4) is 0 Å². The SMILES string of the molecule is Cc1nc(C)c(Cc2cccc(F)c2)c(N2CCCN(C(=O)Cc3cccs3)CC2)n1. The Labute approximate surface area is 186 Å². The molecular formula is C24H27FN4OS. The van der Waals surface area contributed by atoms with Crippen LogP contribution in [0.4, 0.5) is 10.2 Å². The van der Waals surface area contributed by atoms with E-state index in [2.05, 4.69) is 9.88 Å². The van der Waals surface area contributed by atoms with E-state index in [-0.39, 0.29) is 11.7 Å². The molecule has 5 nitrogen and oxygen atoms in total. The highest BCUT2D eigenvalue weighted by Crippen LogP contribution is 2.25. The molecule has 0 bridgehead atoms. The number of anilines is 1. The maximum Gasteiger partial charge on any atom is 0.227 e. The average molecular weight is 439 g/mol. The number of rotatable bonds is 5. The van der Waals surface area contributed by atoms with Crippen molar-refractivity contribution in [3.05, 3.63) is 75.1 Å². The number of hydrogen-bond donors (Lipinski definition) is 0. The van der Waals surface area contributed by atoms with Crippen molar-refractivity contribution in [1.82, 2.24) is 14.9 Å². The third-order valence-corrected chi connectivity index (χ3v) is 6.50. The maximum atomic E-state index is 13.7. The molecule has 0 spiro atoms. The van der Waals surface area contributed by atoms with Crippen molar-refractivity contribution in [1.29, 1.82) is 0 Å². The number of benzene rings is 1. The first-order valence-electron chi connectivity index (χ1n) is 10.6. The Kier molecular flexibility index (Phi) is 6.61. The molecule has 7 heteroatoms. The van der Waals surface area contributed by atoms with E-state index in [1.165, 1.54) is 6.07 Å². The van der Waals surface area contributed by atoms with Crippen LogP contribution in [0.1, 0.15) is 33.9 Å². The summed E-state index contributed by atoms with van der Waals surface area (Å²) in [5.41, 5.74) is 2.84. The molecular weight excluding hydrogens is 411 g/mol. The van der Waals surface area contributed by atoms with Crippen molar-refractivity contribution in [2.45, 2.75) is 33.1 Å². The number of nitrogens with zero attached hydrogens (tertiary/aromatic N) is 4. The van der Waals surface area contributed by atoms with Crippen LogP contribution >= 0.6 is 11.3 Å². The minimum Gasteiger partial charge on any atom is -0.354 e. The Morgan fingerprint density at radius 1 is 1.10 bits per heavy atom. The van der Waals surface area contributed by atoms with Gasteiger partial charge in [0.25, 0.3) is 0 Å². The van der Waals surface area contributed by atoms with Gasteiger partial charge < -0.3 is 9.80 Å². The van der Waals surface area contributed by atoms with E-state index >= 15 is 0 Å². The number of thiophene rings is 1. The Hall–Kier alpha value is -2.80. The largest absolute Gasteiger partial charge is 0.354 e. The number of aryl methyl sites for hydroxylation is 2. The number of carbonyl (C=O) groups excluding carboxylic acids is 1. The van der Waals surface area contributed by atoms with Crippen molar-refractivity contribution in [3.63, 3.8) is 0 Å². The Morgan fingerprint density at radius 2 is 1.97 bits per heavy atom. The zero-order valence-corrected chi connectivity index (χ0v) is 18.8. The summed E-state index contributed by atoms with van der Waals surface area (Å²) in [5, 5.41) is 2.01. The van der Waals surface area contributed by atoms with Gasteiger partial charge in [0.05, 0.1) is 6.42 Å². The fourth-order valence-electron chi connectivity index (χ4n) is 4.09. The van der Waals surface area contributed by atoms with Gasteiger partial charge in [-0.25, -0.2) is 14.4 Å². The van der Waals surface area contributed by atoms with Crippen molar-refractivity contribution in [2.24, 2.45) is 0 Å². The lowest BCUT2D eigenvalue weighted by Gasteiger charge is -2.26. The van der Waals surface area contributed by atoms with Crippen molar-refractivity contribution < 1.29 is 9.18 Å². The number of hydrogen-bond acceptors (Lipinski definition) is 5. The topological polar surface area (TPSA) is 49.3 Å². The van der Waals surface area contributed by atoms with Gasteiger partial charge in [-0.1, -0.05) is 18.2 Å². The highest BCUT2D eigenvalue weighted by molar-refractivity contribution is 7.10. The Morgan fingerprint density at radius 3 is 2.74 bits per heavy atom. The summed E-state index contributed by atoms with van der Waals surface area (Å²) in [6.45, 7) is 6.87. The van der Waals surface area contributed by atoms with Crippen molar-refractivity contribution in [2.75, 3.05) is 31.1 Å². The second kappa shape index (κ2) is 9.56. The second-order valence-corrected chi connectivity index (χ2v) is 8.97. The summed E-state index contributed by atoms with van der Waals surface area (Å²) in [6.07, 6.45) is 1.93. The van der Waals surface area contributed by atoms with Gasteiger partial charge in [0, 0.05) is 48.7 Å². The molecule has 0 radical (unpaired) electrons. The van der Waals surface area contributed by atoms with Crippen LogP contribution in [-0.4, -0.2) is 47.0 Å². The van der Waals surface area contributed by atoms with E-state index < -0.39 is 0 Å². The molecule has 1 aromatic carbocycles. The summed E-state index contributed by atoms with van der Waals surface area (Å²) >= 11 is 1.62. The molecule has 0 saturated carbocycles. The van der Waals surface area contributed by atoms with Gasteiger partial charge in [-0.05, 0) is 49.4 Å². The summed E-state index contributed by atoms with van der Waals surface area (Å²) in [6, 6.07) is 10.7. The monoisotopic (exact) mass is 438 g/mol. The van der Waals surface area contributed by atoms with Gasteiger partial charge in [0.15, 0.2) is 0 Å². The molecule has 3 heterocycles. The molecule has 3 aromatic rings. The molecule has 0 N–H and O–H groups in total. The molecule has 4 rings (SSSR count). The summed E-state index contributed by atoms with van der Waals surface area (Å²) in [4.78, 5) is 27.4. The zero-order valence-electron chi connectivity index (χ0n) is 18.0. The summed E-state index contributed by atoms with van der Waals surface area (Å²) in [7, 11) is 0. The second-order valence-electron chi connectivity index (χ2n) is 7.94. The molecule has 0 aliphatic carbocycles. The number of halogens is 1. The van der Waals surface area contributed by atoms with Gasteiger partial charge in [-0.2, -0.15) is 0 Å². The standard InChI is InChI=1S/C24H27FN4OS/c1-17-22(15-19-6-3-7-20(25)14-19)24(27-18(2)26-17)29-10-5-9-28(11-12-29)23(30)16-21-8-4-13-31-21/h3-4,6-8,13-14H,5,9-12,15-16H2,1-2H3. The normalized spacial score (nSPS) is 14.5. The molecule has 1 amide bonds. The minimum absolute atomic E-state index is 0.180. The molecule has 0 atom stereocenters. The van der Waals surface area contributed by atoms with Crippen LogP contribution in [0.2, 0.25) is 0 Å². The minimum atomic E-state index is -0.237. The highest BCUT2D eigenvalue weighted by atomic mass is 32.1. The van der Waals surface area contributed by atoms with E-state index in [1.54, 1.807) is 23.5 Å². The lowest BCUT2D eigenvalue weighted by Crippen LogP contribution is -2.36. The third kappa shape index (κ3) is 5.28. The van der Waals surface area contributed by atoms with E-state index in [4.69, 9.17) is 4.98 Å². The lowest BCUT2D eigenvalue weighted by molar-refractivity contribution is -0.130. The van der Waals surface area contributed by atoms with E-state index in [0.717, 1.165) is 59.4 Å². The quantitative estimate of drug-likeness (QED) is 0.600. The van der Waals surface area contributed by atoms with Crippen molar-refractivity contribution >= 4 is 23.1 Å². The van der Waals surface area contributed by atoms with Crippen LogP contribution in [0.25, 0.3) is 0 Å². The fourth-order valence-corrected chi connectivity index (χ4v) is 4.79. The van der Waals surface area contributed by atoms with Crippen LogP contribution in [0, 0.1) is 19.7 Å². The predicted octanol–water partition coefficient (Wildman–Crippen LogP) is 4.17. The number of aromatic nitrogens is 2. The molecule has 1 aliphatic rings. The number of amides is 1. The summed E-state index contributed by atoms with van der Waals surface area (Å²) < 4.78 is 13.7. The number of carbonyl (C=O) groups is 1. The van der Waals surface area contributed by atoms with Gasteiger partial charge in [-0.3, -0.25) is 4.79 Å². The highest BCUT2D eigenvalue weighted by Gasteiger charge is 2.23. The third-order valence-electron chi connectivity index (χ3n) is 5.63. The van der Waals surface area contributed by atoms with Gasteiger partial charge >= 0.3 is 0 Å². The molecule has 2 aromatic heterocycles. The van der Waals surface area contributed by atoms with Crippen LogP contribution < -0.4 is 4.90 Å². The van der Waals surface area contributed by atoms with E-state index in [1.807, 2.05) is 42.3 Å². The maximum absolute atomic E-state index is 13.7. The Balaban J connectivity index is 1.53. The molecule has 162 valence electrons. The first-order valence-corrected chi connectivity index (χ1v) is 11.5. The fraction of sp³-hybridized carbons (Fsp3) is 0.375. The van der Waals surface area contributed by atoms with Gasteiger partial charge in [-0.15, -0.1) is 11.3 Å².